The van der Waals surface area contributed by atoms with Gasteiger partial charge in [-0.3, -0.25) is 14.2 Å². The highest BCUT2D eigenvalue weighted by molar-refractivity contribution is 6.05. The Morgan fingerprint density at radius 2 is 1.88 bits per heavy atom. The molecule has 0 spiro atoms. The molecule has 0 aliphatic rings. The highest BCUT2D eigenvalue weighted by atomic mass is 16.1. The van der Waals surface area contributed by atoms with Crippen molar-refractivity contribution < 1.29 is 4.79 Å². The van der Waals surface area contributed by atoms with E-state index >= 15 is 0 Å². The molecule has 124 valence electrons. The molecule has 3 aromatic rings. The van der Waals surface area contributed by atoms with Gasteiger partial charge in [0.25, 0.3) is 5.91 Å². The van der Waals surface area contributed by atoms with E-state index in [2.05, 4.69) is 15.5 Å². The molecule has 0 unspecified atom stereocenters. The van der Waals surface area contributed by atoms with Gasteiger partial charge in [0.05, 0.1) is 17.8 Å². The van der Waals surface area contributed by atoms with Crippen LogP contribution in [-0.2, 0) is 13.1 Å². The summed E-state index contributed by atoms with van der Waals surface area (Å²) in [4.78, 5) is 12.5. The predicted molar refractivity (Wildman–Crippen MR) is 93.1 cm³/mol. The van der Waals surface area contributed by atoms with Crippen LogP contribution < -0.4 is 5.32 Å². The molecule has 24 heavy (non-hydrogen) atoms. The van der Waals surface area contributed by atoms with Gasteiger partial charge in [-0.2, -0.15) is 10.2 Å². The van der Waals surface area contributed by atoms with Gasteiger partial charge in [-0.15, -0.1) is 0 Å². The van der Waals surface area contributed by atoms with Crippen LogP contribution in [0.15, 0.2) is 42.6 Å². The Morgan fingerprint density at radius 1 is 1.12 bits per heavy atom. The molecule has 1 aromatic carbocycles. The van der Waals surface area contributed by atoms with Crippen molar-refractivity contribution in [1.29, 1.82) is 0 Å². The summed E-state index contributed by atoms with van der Waals surface area (Å²) in [6, 6.07) is 11.9. The van der Waals surface area contributed by atoms with Gasteiger partial charge in [-0.05, 0) is 26.3 Å². The van der Waals surface area contributed by atoms with Crippen LogP contribution in [0.2, 0.25) is 0 Å². The van der Waals surface area contributed by atoms with Gasteiger partial charge in [-0.1, -0.05) is 30.3 Å². The van der Waals surface area contributed by atoms with E-state index in [1.54, 1.807) is 10.7 Å². The minimum atomic E-state index is -0.172. The van der Waals surface area contributed by atoms with Crippen LogP contribution in [-0.4, -0.2) is 25.5 Å². The number of nitrogens with one attached hydrogen (secondary N) is 1. The molecule has 0 aliphatic carbocycles. The predicted octanol–water partition coefficient (Wildman–Crippen LogP) is 3.02. The third-order valence-electron chi connectivity index (χ3n) is 3.98. The molecule has 0 bridgehead atoms. The van der Waals surface area contributed by atoms with Crippen LogP contribution >= 0.6 is 0 Å². The summed E-state index contributed by atoms with van der Waals surface area (Å²) >= 11 is 0. The smallest absolute Gasteiger partial charge is 0.260 e. The summed E-state index contributed by atoms with van der Waals surface area (Å²) in [5.41, 5.74) is 3.38. The summed E-state index contributed by atoms with van der Waals surface area (Å²) in [6.45, 7) is 7.18. The van der Waals surface area contributed by atoms with Crippen molar-refractivity contribution in [2.45, 2.75) is 33.9 Å². The first-order valence-corrected chi connectivity index (χ1v) is 8.01. The fraction of sp³-hybridized carbons (Fsp3) is 0.278. The van der Waals surface area contributed by atoms with Gasteiger partial charge in [-0.25, -0.2) is 0 Å². The van der Waals surface area contributed by atoms with E-state index in [1.807, 2.05) is 62.0 Å². The summed E-state index contributed by atoms with van der Waals surface area (Å²) in [5, 5.41) is 11.7. The fourth-order valence-corrected chi connectivity index (χ4v) is 2.80. The van der Waals surface area contributed by atoms with Crippen LogP contribution in [0.1, 0.15) is 34.2 Å². The van der Waals surface area contributed by atoms with Crippen LogP contribution in [0.3, 0.4) is 0 Å². The molecule has 2 aromatic heterocycles. The molecule has 0 saturated heterocycles. The first-order chi connectivity index (χ1) is 11.6. The zero-order chi connectivity index (χ0) is 17.1. The highest BCUT2D eigenvalue weighted by Gasteiger charge is 2.18. The zero-order valence-corrected chi connectivity index (χ0v) is 14.2. The summed E-state index contributed by atoms with van der Waals surface area (Å²) < 4.78 is 3.64. The molecule has 2 heterocycles. The Bertz CT molecular complexity index is 848. The maximum atomic E-state index is 12.5. The molecule has 0 atom stereocenters. The number of carbonyl (C=O) groups is 1. The number of anilines is 1. The molecule has 0 saturated carbocycles. The van der Waals surface area contributed by atoms with E-state index in [0.717, 1.165) is 23.5 Å². The molecule has 6 heteroatoms. The van der Waals surface area contributed by atoms with Crippen LogP contribution in [0.5, 0.6) is 0 Å². The average Bonchev–Trinajstić information content (AvgIpc) is 3.12. The highest BCUT2D eigenvalue weighted by Crippen LogP contribution is 2.15. The van der Waals surface area contributed by atoms with E-state index in [0.29, 0.717) is 17.9 Å². The number of amides is 1. The monoisotopic (exact) mass is 323 g/mol. The second-order valence-electron chi connectivity index (χ2n) is 5.70. The van der Waals surface area contributed by atoms with Gasteiger partial charge in [0, 0.05) is 24.5 Å². The summed E-state index contributed by atoms with van der Waals surface area (Å²) in [5.74, 6) is 0.369. The number of aromatic nitrogens is 4. The van der Waals surface area contributed by atoms with Crippen molar-refractivity contribution in [1.82, 2.24) is 19.6 Å². The molecule has 3 rings (SSSR count). The van der Waals surface area contributed by atoms with Gasteiger partial charge in [0.2, 0.25) is 0 Å². The minimum Gasteiger partial charge on any atom is -0.305 e. The molecule has 0 aliphatic heterocycles. The molecule has 1 amide bonds. The zero-order valence-electron chi connectivity index (χ0n) is 14.2. The van der Waals surface area contributed by atoms with Crippen LogP contribution in [0.4, 0.5) is 5.82 Å². The van der Waals surface area contributed by atoms with Crippen molar-refractivity contribution in [3.8, 4) is 0 Å². The molecule has 0 radical (unpaired) electrons. The number of rotatable bonds is 5. The van der Waals surface area contributed by atoms with E-state index in [9.17, 15) is 4.79 Å². The van der Waals surface area contributed by atoms with Gasteiger partial charge in [0.1, 0.15) is 0 Å². The number of carbonyl (C=O) groups excluding carboxylic acids is 1. The Hall–Kier alpha value is -2.89. The van der Waals surface area contributed by atoms with E-state index < -0.39 is 0 Å². The van der Waals surface area contributed by atoms with Crippen LogP contribution in [0.25, 0.3) is 0 Å². The number of nitrogens with zero attached hydrogens (tertiary/aromatic N) is 4. The normalized spacial score (nSPS) is 10.8. The lowest BCUT2D eigenvalue weighted by atomic mass is 10.2. The van der Waals surface area contributed by atoms with Gasteiger partial charge in [0.15, 0.2) is 5.82 Å². The van der Waals surface area contributed by atoms with Gasteiger partial charge >= 0.3 is 0 Å². The summed E-state index contributed by atoms with van der Waals surface area (Å²) in [6.07, 6.45) is 1.86. The number of hydrogen-bond donors (Lipinski definition) is 1. The first-order valence-electron chi connectivity index (χ1n) is 8.01. The molecule has 6 nitrogen and oxygen atoms in total. The first kappa shape index (κ1) is 16.0. The summed E-state index contributed by atoms with van der Waals surface area (Å²) in [7, 11) is 0. The third kappa shape index (κ3) is 3.22. The van der Waals surface area contributed by atoms with E-state index in [4.69, 9.17) is 0 Å². The second kappa shape index (κ2) is 6.70. The van der Waals surface area contributed by atoms with Crippen molar-refractivity contribution in [3.05, 3.63) is 65.1 Å². The maximum absolute atomic E-state index is 12.5. The van der Waals surface area contributed by atoms with Crippen molar-refractivity contribution in [3.63, 3.8) is 0 Å². The molecular formula is C18H21N5O. The standard InChI is InChI=1S/C18H21N5O/c1-4-23-14(3)17(13(2)20-23)18(24)19-16-10-11-22(21-16)12-15-8-6-5-7-9-15/h5-11H,4,12H2,1-3H3,(H,19,21,24). The topological polar surface area (TPSA) is 64.7 Å². The lowest BCUT2D eigenvalue weighted by Crippen LogP contribution is -2.15. The number of aryl methyl sites for hydroxylation is 2. The van der Waals surface area contributed by atoms with E-state index in [1.165, 1.54) is 0 Å². The van der Waals surface area contributed by atoms with Crippen molar-refractivity contribution in [2.75, 3.05) is 5.32 Å². The van der Waals surface area contributed by atoms with Gasteiger partial charge < -0.3 is 5.32 Å². The number of hydrogen-bond acceptors (Lipinski definition) is 3. The largest absolute Gasteiger partial charge is 0.305 e. The fourth-order valence-electron chi connectivity index (χ4n) is 2.80. The second-order valence-corrected chi connectivity index (χ2v) is 5.70. The Morgan fingerprint density at radius 3 is 2.54 bits per heavy atom. The third-order valence-corrected chi connectivity index (χ3v) is 3.98. The molecule has 1 N–H and O–H groups in total. The Kier molecular flexibility index (Phi) is 4.46. The quantitative estimate of drug-likeness (QED) is 0.785. The SMILES string of the molecule is CCn1nc(C)c(C(=O)Nc2ccn(Cc3ccccc3)n2)c1C. The van der Waals surface area contributed by atoms with E-state index in [-0.39, 0.29) is 5.91 Å². The lowest BCUT2D eigenvalue weighted by molar-refractivity contribution is 0.102. The minimum absolute atomic E-state index is 0.172. The molecule has 0 fully saturated rings. The Balaban J connectivity index is 1.73. The lowest BCUT2D eigenvalue weighted by Gasteiger charge is -2.04. The van der Waals surface area contributed by atoms with Crippen molar-refractivity contribution >= 4 is 11.7 Å². The molecular weight excluding hydrogens is 302 g/mol. The van der Waals surface area contributed by atoms with Crippen LogP contribution in [0, 0.1) is 13.8 Å². The maximum Gasteiger partial charge on any atom is 0.260 e. The number of benzene rings is 1. The Labute approximate surface area is 141 Å². The average molecular weight is 323 g/mol. The van der Waals surface area contributed by atoms with Crippen molar-refractivity contribution in [2.24, 2.45) is 0 Å².